The maximum absolute atomic E-state index is 14.6. The number of amides is 7. The number of rotatable bonds is 24. The van der Waals surface area contributed by atoms with Crippen LogP contribution in [0.3, 0.4) is 0 Å². The first-order valence-corrected chi connectivity index (χ1v) is 28.2. The number of aliphatic hydroxyl groups excluding tert-OH is 7. The topological polar surface area (TPSA) is 398 Å². The summed E-state index contributed by atoms with van der Waals surface area (Å²) in [5.41, 5.74) is 5.60. The van der Waals surface area contributed by atoms with Gasteiger partial charge in [-0.2, -0.15) is 0 Å². The van der Waals surface area contributed by atoms with E-state index < -0.39 is 152 Å². The number of phenolic OH excluding ortho intramolecular Hbond substituents is 1. The molecule has 79 heavy (non-hydrogen) atoms. The van der Waals surface area contributed by atoms with Crippen LogP contribution in [0.15, 0.2) is 24.3 Å². The van der Waals surface area contributed by atoms with Gasteiger partial charge in [-0.15, -0.1) is 0 Å². The summed E-state index contributed by atoms with van der Waals surface area (Å²) in [6.07, 6.45) is -6.27. The van der Waals surface area contributed by atoms with E-state index in [4.69, 9.17) is 5.73 Å². The molecule has 17 atom stereocenters. The fraction of sp³-hybridized carbons (Fsp3) is 0.759. The molecule has 0 aliphatic carbocycles. The predicted molar refractivity (Wildman–Crippen MR) is 290 cm³/mol. The number of unbranched alkanes of at least 4 members (excludes halogenated alkanes) is 5. The fourth-order valence-electron chi connectivity index (χ4n) is 10.5. The van der Waals surface area contributed by atoms with Gasteiger partial charge in [-0.3, -0.25) is 38.9 Å². The Hall–Kier alpha value is -5.09. The van der Waals surface area contributed by atoms with Gasteiger partial charge in [-0.25, -0.2) is 0 Å². The first kappa shape index (κ1) is 66.4. The highest BCUT2D eigenvalue weighted by Gasteiger charge is 2.50. The molecule has 8 unspecified atom stereocenters. The van der Waals surface area contributed by atoms with Crippen molar-refractivity contribution in [1.82, 2.24) is 47.0 Å². The average molecular weight is 1120 g/mol. The van der Waals surface area contributed by atoms with Crippen LogP contribution in [-0.2, 0) is 33.6 Å². The molecule has 448 valence electrons. The Morgan fingerprint density at radius 2 is 1.30 bits per heavy atom. The summed E-state index contributed by atoms with van der Waals surface area (Å²) >= 11 is 0. The molecule has 0 saturated carbocycles. The van der Waals surface area contributed by atoms with E-state index in [2.05, 4.69) is 58.0 Å². The van der Waals surface area contributed by atoms with Crippen LogP contribution in [0, 0.1) is 17.8 Å². The lowest BCUT2D eigenvalue weighted by molar-refractivity contribution is -0.148. The molecule has 3 saturated heterocycles. The standard InChI is InChI=1S/C54H92N10O15/c1-7-29(2)24-30(3)14-12-10-8-9-11-13-15-40(70)58-37-26-39(69)48(57-23-22-56-21-20-55)62-52(77)44-45(71)31(4)27-64(44)54(79)42(33(6)66)60-51(76)43(47(73)46(72)34-16-18-35(67)19-17-34)61-50(75)38-25-36(68)28-63(38)53(78)41(32(5)65)59-49(37)74/h16-19,29-33,36-39,41-48,56-57,65-69,71-73H,7-15,20-28,55H2,1-6H3,(H,58,70)(H,59,74)(H,60,76)(H,61,75)(H,62,77)/t29?,30?,31-,32+,33+,36+,37+,38?,39+,41?,42?,43?,44?,45-,46-,47-,48?/m0/s1. The van der Waals surface area contributed by atoms with Crippen LogP contribution < -0.4 is 43.0 Å². The van der Waals surface area contributed by atoms with Crippen molar-refractivity contribution in [2.75, 3.05) is 39.3 Å². The largest absolute Gasteiger partial charge is 0.508 e. The summed E-state index contributed by atoms with van der Waals surface area (Å²) in [6.45, 7) is 10.8. The lowest BCUT2D eigenvalue weighted by Gasteiger charge is -2.34. The molecule has 1 aromatic carbocycles. The van der Waals surface area contributed by atoms with Crippen LogP contribution in [0.2, 0.25) is 0 Å². The zero-order valence-corrected chi connectivity index (χ0v) is 46.8. The van der Waals surface area contributed by atoms with Crippen molar-refractivity contribution in [3.05, 3.63) is 29.8 Å². The number of hydrogen-bond donors (Lipinski definition) is 16. The Balaban J connectivity index is 1.74. The summed E-state index contributed by atoms with van der Waals surface area (Å²) < 4.78 is 0. The minimum Gasteiger partial charge on any atom is -0.508 e. The van der Waals surface area contributed by atoms with Crippen LogP contribution in [0.1, 0.15) is 130 Å². The van der Waals surface area contributed by atoms with Crippen LogP contribution in [0.4, 0.5) is 0 Å². The molecule has 3 aliphatic heterocycles. The van der Waals surface area contributed by atoms with Crippen LogP contribution >= 0.6 is 0 Å². The molecule has 0 spiro atoms. The molecule has 3 fully saturated rings. The summed E-state index contributed by atoms with van der Waals surface area (Å²) in [4.78, 5) is 102. The monoisotopic (exact) mass is 1120 g/mol. The maximum Gasteiger partial charge on any atom is 0.248 e. The van der Waals surface area contributed by atoms with E-state index in [0.717, 1.165) is 55.2 Å². The number of carbonyl (C=O) groups excluding carboxylic acids is 7. The zero-order valence-electron chi connectivity index (χ0n) is 46.8. The number of aromatic hydroxyl groups is 1. The number of nitrogens with two attached hydrogens (primary N) is 1. The number of carbonyl (C=O) groups is 7. The van der Waals surface area contributed by atoms with Gasteiger partial charge in [0.15, 0.2) is 0 Å². The van der Waals surface area contributed by atoms with Crippen LogP contribution in [0.5, 0.6) is 5.75 Å². The molecular formula is C54H92N10O15. The van der Waals surface area contributed by atoms with E-state index >= 15 is 0 Å². The number of nitrogens with zero attached hydrogens (tertiary/aromatic N) is 2. The number of phenols is 1. The molecule has 3 heterocycles. The van der Waals surface area contributed by atoms with Crippen molar-refractivity contribution in [3.8, 4) is 5.75 Å². The predicted octanol–water partition coefficient (Wildman–Crippen LogP) is -2.81. The van der Waals surface area contributed by atoms with Crippen molar-refractivity contribution in [2.24, 2.45) is 23.5 Å². The summed E-state index contributed by atoms with van der Waals surface area (Å²) in [5.74, 6) is -7.09. The van der Waals surface area contributed by atoms with E-state index in [0.29, 0.717) is 31.2 Å². The quantitative estimate of drug-likeness (QED) is 0.0465. The Bertz CT molecular complexity index is 2130. The van der Waals surface area contributed by atoms with Crippen LogP contribution in [-0.4, -0.2) is 210 Å². The lowest BCUT2D eigenvalue weighted by atomic mass is 9.91. The van der Waals surface area contributed by atoms with Gasteiger partial charge in [0.2, 0.25) is 41.4 Å². The first-order valence-electron chi connectivity index (χ1n) is 28.2. The second-order valence-corrected chi connectivity index (χ2v) is 22.2. The van der Waals surface area contributed by atoms with Gasteiger partial charge >= 0.3 is 0 Å². The normalized spacial score (nSPS) is 29.2. The highest BCUT2D eigenvalue weighted by atomic mass is 16.3. The maximum atomic E-state index is 14.6. The van der Waals surface area contributed by atoms with Crippen molar-refractivity contribution < 1.29 is 74.4 Å². The SMILES string of the molecule is CCC(C)CC(C)CCCCCCCCC(=O)N[C@@H]1C[C@@H](O)C(NCCNCCN)NC(=O)C2[C@@H](O)[C@@H](C)CN2C(=O)C([C@@H](C)O)NC(=O)C([C@H](O)[C@@H](O)c2ccc(O)cc2)NC(=O)C2C[C@@H](O)CN2C(=O)C([C@@H](C)O)NC1=O. The highest BCUT2D eigenvalue weighted by Crippen LogP contribution is 2.28. The summed E-state index contributed by atoms with van der Waals surface area (Å²) in [6, 6.07) is -6.27. The second kappa shape index (κ2) is 32.4. The number of benzene rings is 1. The Labute approximate surface area is 463 Å². The van der Waals surface area contributed by atoms with Gasteiger partial charge in [0.1, 0.15) is 60.4 Å². The molecule has 0 bridgehead atoms. The second-order valence-electron chi connectivity index (χ2n) is 22.2. The molecule has 17 N–H and O–H groups in total. The number of nitrogens with one attached hydrogen (secondary N) is 7. The Kier molecular flexibility index (Phi) is 27.2. The summed E-state index contributed by atoms with van der Waals surface area (Å²) in [7, 11) is 0. The smallest absolute Gasteiger partial charge is 0.248 e. The molecule has 7 amide bonds. The molecule has 25 heteroatoms. The molecule has 0 aromatic heterocycles. The molecule has 0 radical (unpaired) electrons. The molecule has 1 aromatic rings. The number of aliphatic hydroxyl groups is 7. The fourth-order valence-corrected chi connectivity index (χ4v) is 10.5. The minimum atomic E-state index is -2.26. The van der Waals surface area contributed by atoms with Gasteiger partial charge in [-0.1, -0.05) is 84.8 Å². The van der Waals surface area contributed by atoms with E-state index in [1.54, 1.807) is 0 Å². The Morgan fingerprint density at radius 3 is 1.92 bits per heavy atom. The third kappa shape index (κ3) is 19.6. The average Bonchev–Trinajstić information content (AvgIpc) is 3.96. The van der Waals surface area contributed by atoms with Gasteiger partial charge in [0.25, 0.3) is 0 Å². The highest BCUT2D eigenvalue weighted by molar-refractivity contribution is 5.98. The van der Waals surface area contributed by atoms with Crippen molar-refractivity contribution >= 4 is 41.4 Å². The molecule has 3 aliphatic rings. The molecule has 25 nitrogen and oxygen atoms in total. The summed E-state index contributed by atoms with van der Waals surface area (Å²) in [5, 5.41) is 108. The third-order valence-corrected chi connectivity index (χ3v) is 15.4. The van der Waals surface area contributed by atoms with Crippen molar-refractivity contribution in [3.63, 3.8) is 0 Å². The van der Waals surface area contributed by atoms with E-state index in [1.807, 2.05) is 0 Å². The molecular weight excluding hydrogens is 1030 g/mol. The third-order valence-electron chi connectivity index (χ3n) is 15.4. The number of hydrogen-bond acceptors (Lipinski definition) is 18. The van der Waals surface area contributed by atoms with Gasteiger partial charge in [-0.05, 0) is 56.2 Å². The van der Waals surface area contributed by atoms with Gasteiger partial charge < -0.3 is 88.3 Å². The van der Waals surface area contributed by atoms with Gasteiger partial charge in [0, 0.05) is 64.4 Å². The number of fused-ring (bicyclic) bond motifs is 2. The van der Waals surface area contributed by atoms with E-state index in [9.17, 15) is 74.4 Å². The molecule has 4 rings (SSSR count). The minimum absolute atomic E-state index is 0.0215. The van der Waals surface area contributed by atoms with Gasteiger partial charge in [0.05, 0.1) is 30.5 Å². The van der Waals surface area contributed by atoms with Crippen LogP contribution in [0.25, 0.3) is 0 Å². The lowest BCUT2D eigenvalue weighted by Crippen LogP contribution is -2.64. The van der Waals surface area contributed by atoms with Crippen molar-refractivity contribution in [1.29, 1.82) is 0 Å². The van der Waals surface area contributed by atoms with E-state index in [1.165, 1.54) is 44.5 Å². The zero-order chi connectivity index (χ0) is 58.7. The van der Waals surface area contributed by atoms with E-state index in [-0.39, 0.29) is 43.9 Å². The van der Waals surface area contributed by atoms with Crippen molar-refractivity contribution in [2.45, 2.75) is 204 Å². The Morgan fingerprint density at radius 1 is 0.709 bits per heavy atom. The first-order chi connectivity index (χ1) is 37.4.